The molecule has 18 heavy (non-hydrogen) atoms. The van der Waals surface area contributed by atoms with Gasteiger partial charge in [0.2, 0.25) is 0 Å². The van der Waals surface area contributed by atoms with Crippen LogP contribution in [0.25, 0.3) is 0 Å². The van der Waals surface area contributed by atoms with E-state index in [1.165, 1.54) is 0 Å². The van der Waals surface area contributed by atoms with Gasteiger partial charge in [0.25, 0.3) is 5.91 Å². The molecule has 0 N–H and O–H groups in total. The highest BCUT2D eigenvalue weighted by molar-refractivity contribution is 6.06. The largest absolute Gasteiger partial charge is 0.471 e. The van der Waals surface area contributed by atoms with Gasteiger partial charge >= 0.3 is 18.3 Å². The van der Waals surface area contributed by atoms with Crippen molar-refractivity contribution >= 4 is 11.8 Å². The summed E-state index contributed by atoms with van der Waals surface area (Å²) >= 11 is 0. The zero-order valence-electron chi connectivity index (χ0n) is 9.32. The minimum Gasteiger partial charge on any atom is -0.269 e. The average Bonchev–Trinajstić information content (AvgIpc) is 2.12. The van der Waals surface area contributed by atoms with Crippen LogP contribution in [0.5, 0.6) is 0 Å². The van der Waals surface area contributed by atoms with Gasteiger partial charge < -0.3 is 0 Å². The lowest BCUT2D eigenvalue weighted by atomic mass is 10.2. The lowest BCUT2D eigenvalue weighted by Crippen LogP contribution is -2.50. The van der Waals surface area contributed by atoms with E-state index in [-0.39, 0.29) is 0 Å². The van der Waals surface area contributed by atoms with Crippen LogP contribution in [-0.2, 0) is 9.59 Å². The summed E-state index contributed by atoms with van der Waals surface area (Å²) in [5.41, 5.74) is -2.03. The van der Waals surface area contributed by atoms with Crippen LogP contribution < -0.4 is 0 Å². The highest BCUT2D eigenvalue weighted by Crippen LogP contribution is 2.28. The van der Waals surface area contributed by atoms with E-state index >= 15 is 0 Å². The molecule has 0 aliphatic carbocycles. The first kappa shape index (κ1) is 16.5. The Kier molecular flexibility index (Phi) is 4.56. The molecule has 0 aromatic carbocycles. The molecule has 0 aromatic rings. The summed E-state index contributed by atoms with van der Waals surface area (Å²) in [6, 6.07) is -1.38. The van der Waals surface area contributed by atoms with Gasteiger partial charge in [-0.25, -0.2) is 0 Å². The van der Waals surface area contributed by atoms with Crippen LogP contribution in [-0.4, -0.2) is 35.1 Å². The third-order valence-electron chi connectivity index (χ3n) is 1.80. The molecule has 0 spiro atoms. The van der Waals surface area contributed by atoms with Crippen LogP contribution in [0.15, 0.2) is 12.2 Å². The normalized spacial score (nSPS) is 12.5. The van der Waals surface area contributed by atoms with Gasteiger partial charge in [-0.1, -0.05) is 6.58 Å². The Labute approximate surface area is 98.0 Å². The fourth-order valence-electron chi connectivity index (χ4n) is 0.964. The van der Waals surface area contributed by atoms with Gasteiger partial charge in [-0.3, -0.25) is 14.5 Å². The summed E-state index contributed by atoms with van der Waals surface area (Å²) < 4.78 is 72.8. The van der Waals surface area contributed by atoms with Gasteiger partial charge in [-0.15, -0.1) is 0 Å². The fraction of sp³-hybridized carbons (Fsp3) is 0.556. The van der Waals surface area contributed by atoms with E-state index < -0.39 is 40.7 Å². The van der Waals surface area contributed by atoms with E-state index in [1.807, 2.05) is 0 Å². The van der Waals surface area contributed by atoms with Gasteiger partial charge in [0.15, 0.2) is 0 Å². The minimum absolute atomic E-state index is 0.518. The number of alkyl halides is 6. The van der Waals surface area contributed by atoms with E-state index in [0.717, 1.165) is 13.8 Å². The minimum atomic E-state index is -5.44. The molecular weight excluding hydrogens is 268 g/mol. The molecule has 0 fully saturated rings. The molecular formula is C9H9F6NO2. The smallest absolute Gasteiger partial charge is 0.269 e. The SMILES string of the molecule is C=C(C(=O)N(C(=O)C(F)(F)F)C(C)C)C(F)(F)F. The molecule has 0 aliphatic rings. The van der Waals surface area contributed by atoms with Gasteiger partial charge in [0, 0.05) is 6.04 Å². The number of hydrogen-bond acceptors (Lipinski definition) is 2. The Morgan fingerprint density at radius 3 is 1.61 bits per heavy atom. The number of imide groups is 1. The van der Waals surface area contributed by atoms with Crippen molar-refractivity contribution in [3.63, 3.8) is 0 Å². The molecule has 0 radical (unpaired) electrons. The van der Waals surface area contributed by atoms with E-state index in [1.54, 1.807) is 0 Å². The van der Waals surface area contributed by atoms with Crippen molar-refractivity contribution in [3.8, 4) is 0 Å². The second kappa shape index (κ2) is 4.99. The van der Waals surface area contributed by atoms with Crippen LogP contribution in [0.1, 0.15) is 13.8 Å². The zero-order chi connectivity index (χ0) is 14.9. The van der Waals surface area contributed by atoms with Crippen molar-refractivity contribution in [1.29, 1.82) is 0 Å². The van der Waals surface area contributed by atoms with Crippen LogP contribution >= 0.6 is 0 Å². The van der Waals surface area contributed by atoms with Crippen molar-refractivity contribution in [2.24, 2.45) is 0 Å². The Bertz CT molecular complexity index is 368. The number of carbonyl (C=O) groups excluding carboxylic acids is 2. The molecule has 104 valence electrons. The molecule has 0 saturated heterocycles. The second-order valence-electron chi connectivity index (χ2n) is 3.55. The van der Waals surface area contributed by atoms with Crippen molar-refractivity contribution in [1.82, 2.24) is 4.90 Å². The third kappa shape index (κ3) is 3.74. The van der Waals surface area contributed by atoms with Crippen LogP contribution in [0.2, 0.25) is 0 Å². The van der Waals surface area contributed by atoms with Crippen LogP contribution in [0.4, 0.5) is 26.3 Å². The number of rotatable bonds is 2. The Hall–Kier alpha value is -1.54. The number of amides is 2. The number of carbonyl (C=O) groups is 2. The van der Waals surface area contributed by atoms with E-state index in [9.17, 15) is 35.9 Å². The standard InChI is InChI=1S/C9H9F6NO2/c1-4(2)16(7(18)9(13,14)15)6(17)5(3)8(10,11)12/h4H,3H2,1-2H3. The average molecular weight is 277 g/mol. The molecule has 0 bridgehead atoms. The summed E-state index contributed by atoms with van der Waals surface area (Å²) in [4.78, 5) is 21.5. The summed E-state index contributed by atoms with van der Waals surface area (Å²) in [7, 11) is 0. The van der Waals surface area contributed by atoms with Crippen LogP contribution in [0, 0.1) is 0 Å². The fourth-order valence-corrected chi connectivity index (χ4v) is 0.964. The maximum atomic E-state index is 12.1. The first-order valence-electron chi connectivity index (χ1n) is 4.51. The van der Waals surface area contributed by atoms with Crippen molar-refractivity contribution in [2.45, 2.75) is 32.2 Å². The van der Waals surface area contributed by atoms with Gasteiger partial charge in [0.1, 0.15) is 5.57 Å². The van der Waals surface area contributed by atoms with Crippen molar-refractivity contribution in [2.75, 3.05) is 0 Å². The highest BCUT2D eigenvalue weighted by atomic mass is 19.4. The van der Waals surface area contributed by atoms with Gasteiger partial charge in [-0.2, -0.15) is 26.3 Å². The number of halogens is 6. The van der Waals surface area contributed by atoms with Crippen molar-refractivity contribution < 1.29 is 35.9 Å². The zero-order valence-corrected chi connectivity index (χ0v) is 9.32. The highest BCUT2D eigenvalue weighted by Gasteiger charge is 2.49. The quantitative estimate of drug-likeness (QED) is 0.574. The number of hydrogen-bond donors (Lipinski definition) is 0. The Balaban J connectivity index is 5.36. The molecule has 0 saturated carbocycles. The monoisotopic (exact) mass is 277 g/mol. The molecule has 9 heteroatoms. The van der Waals surface area contributed by atoms with E-state index in [0.29, 0.717) is 0 Å². The van der Waals surface area contributed by atoms with Crippen LogP contribution in [0.3, 0.4) is 0 Å². The molecule has 0 aromatic heterocycles. The van der Waals surface area contributed by atoms with Gasteiger partial charge in [0.05, 0.1) is 0 Å². The molecule has 0 rings (SSSR count). The molecule has 0 unspecified atom stereocenters. The van der Waals surface area contributed by atoms with E-state index in [4.69, 9.17) is 0 Å². The summed E-state index contributed by atoms with van der Waals surface area (Å²) in [6.07, 6.45) is -10.6. The predicted molar refractivity (Wildman–Crippen MR) is 48.2 cm³/mol. The topological polar surface area (TPSA) is 37.4 Å². The Morgan fingerprint density at radius 2 is 1.39 bits per heavy atom. The van der Waals surface area contributed by atoms with Crippen molar-refractivity contribution in [3.05, 3.63) is 12.2 Å². The number of nitrogens with zero attached hydrogens (tertiary/aromatic N) is 1. The van der Waals surface area contributed by atoms with Gasteiger partial charge in [-0.05, 0) is 13.8 Å². The molecule has 0 heterocycles. The third-order valence-corrected chi connectivity index (χ3v) is 1.80. The lowest BCUT2D eigenvalue weighted by molar-refractivity contribution is -0.189. The summed E-state index contributed by atoms with van der Waals surface area (Å²) in [5.74, 6) is -4.77. The van der Waals surface area contributed by atoms with E-state index in [2.05, 4.69) is 6.58 Å². The first-order chi connectivity index (χ1) is 7.80. The maximum absolute atomic E-state index is 12.1. The lowest BCUT2D eigenvalue weighted by Gasteiger charge is -2.26. The second-order valence-corrected chi connectivity index (χ2v) is 3.55. The molecule has 3 nitrogen and oxygen atoms in total. The molecule has 2 amide bonds. The Morgan fingerprint density at radius 1 is 1.00 bits per heavy atom. The predicted octanol–water partition coefficient (Wildman–Crippen LogP) is 2.43. The molecule has 0 atom stereocenters. The maximum Gasteiger partial charge on any atom is 0.471 e. The summed E-state index contributed by atoms with van der Waals surface area (Å²) in [5, 5.41) is 0. The summed E-state index contributed by atoms with van der Waals surface area (Å²) in [6.45, 7) is 4.31. The first-order valence-corrected chi connectivity index (χ1v) is 4.51. The molecule has 0 aliphatic heterocycles.